The minimum absolute atomic E-state index is 0.387. The maximum absolute atomic E-state index is 12.1. The molecule has 0 radical (unpaired) electrons. The van der Waals surface area contributed by atoms with Crippen molar-refractivity contribution in [3.63, 3.8) is 0 Å². The fourth-order valence-electron chi connectivity index (χ4n) is 2.06. The number of halogens is 1. The summed E-state index contributed by atoms with van der Waals surface area (Å²) in [6, 6.07) is 10.6. The molecule has 3 rings (SSSR count). The molecule has 2 N–H and O–H groups in total. The number of aromatic nitrogens is 1. The number of nitrogens with zero attached hydrogens (tertiary/aromatic N) is 1. The first-order valence-electron chi connectivity index (χ1n) is 6.84. The summed E-state index contributed by atoms with van der Waals surface area (Å²) in [5.74, 6) is 0.753. The van der Waals surface area contributed by atoms with Gasteiger partial charge in [0.15, 0.2) is 5.13 Å². The summed E-state index contributed by atoms with van der Waals surface area (Å²) in [6.07, 6.45) is 0. The largest absolute Gasteiger partial charge is 0.497 e. The number of hydrogen-bond donors (Lipinski definition) is 2. The normalized spacial score (nSPS) is 10.6. The molecular weight excluding hydrogens is 334 g/mol. The van der Waals surface area contributed by atoms with Gasteiger partial charge in [-0.15, -0.1) is 0 Å². The van der Waals surface area contributed by atoms with E-state index >= 15 is 0 Å². The second kappa shape index (κ2) is 6.44. The van der Waals surface area contributed by atoms with Crippen LogP contribution in [-0.4, -0.2) is 18.1 Å². The summed E-state index contributed by atoms with van der Waals surface area (Å²) >= 11 is 7.48. The number of urea groups is 1. The van der Waals surface area contributed by atoms with Crippen LogP contribution < -0.4 is 15.4 Å². The third kappa shape index (κ3) is 3.55. The molecule has 2 amide bonds. The fraction of sp³-hybridized carbons (Fsp3) is 0.125. The third-order valence-corrected chi connectivity index (χ3v) is 4.44. The zero-order valence-electron chi connectivity index (χ0n) is 12.5. The molecule has 0 saturated heterocycles. The number of anilines is 2. The Bertz CT molecular complexity index is 879. The first-order chi connectivity index (χ1) is 11.0. The van der Waals surface area contributed by atoms with E-state index in [1.54, 1.807) is 19.2 Å². The average Bonchev–Trinajstić information content (AvgIpc) is 2.91. The lowest BCUT2D eigenvalue weighted by molar-refractivity contribution is 0.262. The van der Waals surface area contributed by atoms with Crippen LogP contribution in [0, 0.1) is 6.92 Å². The quantitative estimate of drug-likeness (QED) is 0.707. The highest BCUT2D eigenvalue weighted by molar-refractivity contribution is 7.22. The van der Waals surface area contributed by atoms with Crippen molar-refractivity contribution in [3.05, 3.63) is 47.0 Å². The molecule has 2 aromatic carbocycles. The van der Waals surface area contributed by atoms with Gasteiger partial charge >= 0.3 is 6.03 Å². The van der Waals surface area contributed by atoms with E-state index in [9.17, 15) is 4.79 Å². The molecule has 0 fully saturated rings. The first kappa shape index (κ1) is 15.6. The predicted octanol–water partition coefficient (Wildman–Crippen LogP) is 4.91. The monoisotopic (exact) mass is 347 g/mol. The lowest BCUT2D eigenvalue weighted by atomic mass is 10.2. The summed E-state index contributed by atoms with van der Waals surface area (Å²) in [5.41, 5.74) is 2.39. The van der Waals surface area contributed by atoms with E-state index in [4.69, 9.17) is 16.3 Å². The number of methoxy groups -OCH3 is 1. The molecule has 0 aliphatic heterocycles. The number of fused-ring (bicyclic) bond motifs is 1. The number of rotatable bonds is 3. The molecular formula is C16H14ClN3O2S. The van der Waals surface area contributed by atoms with Crippen molar-refractivity contribution in [2.75, 3.05) is 17.7 Å². The Hall–Kier alpha value is -2.31. The van der Waals surface area contributed by atoms with Gasteiger partial charge in [0.05, 0.1) is 28.0 Å². The third-order valence-electron chi connectivity index (χ3n) is 3.19. The highest BCUT2D eigenvalue weighted by Gasteiger charge is 2.10. The van der Waals surface area contributed by atoms with E-state index in [2.05, 4.69) is 15.6 Å². The van der Waals surface area contributed by atoms with Gasteiger partial charge in [0.1, 0.15) is 5.75 Å². The van der Waals surface area contributed by atoms with Gasteiger partial charge in [-0.05, 0) is 42.8 Å². The van der Waals surface area contributed by atoms with Crippen LogP contribution in [0.1, 0.15) is 5.56 Å². The van der Waals surface area contributed by atoms with Crippen LogP contribution in [0.3, 0.4) is 0 Å². The average molecular weight is 348 g/mol. The number of thiazole rings is 1. The van der Waals surface area contributed by atoms with E-state index in [0.717, 1.165) is 21.5 Å². The van der Waals surface area contributed by atoms with Crippen LogP contribution in [-0.2, 0) is 0 Å². The molecule has 0 unspecified atom stereocenters. The minimum Gasteiger partial charge on any atom is -0.497 e. The van der Waals surface area contributed by atoms with Crippen LogP contribution in [0.5, 0.6) is 5.75 Å². The highest BCUT2D eigenvalue weighted by atomic mass is 35.5. The molecule has 0 atom stereocenters. The molecule has 1 aromatic heterocycles. The molecule has 0 spiro atoms. The number of amides is 2. The Morgan fingerprint density at radius 3 is 2.78 bits per heavy atom. The van der Waals surface area contributed by atoms with Crippen LogP contribution in [0.2, 0.25) is 5.02 Å². The van der Waals surface area contributed by atoms with E-state index < -0.39 is 0 Å². The fourth-order valence-corrected chi connectivity index (χ4v) is 3.23. The number of carbonyl (C=O) groups is 1. The molecule has 118 valence electrons. The van der Waals surface area contributed by atoms with E-state index in [-0.39, 0.29) is 6.03 Å². The predicted molar refractivity (Wildman–Crippen MR) is 95.0 cm³/mol. The SMILES string of the molecule is COc1ccc2nc(NC(=O)Nc3ccc(C)cc3Cl)sc2c1. The van der Waals surface area contributed by atoms with Crippen molar-refractivity contribution in [1.29, 1.82) is 0 Å². The van der Waals surface area contributed by atoms with Gasteiger partial charge in [0.25, 0.3) is 0 Å². The second-order valence-electron chi connectivity index (χ2n) is 4.92. The van der Waals surface area contributed by atoms with Gasteiger partial charge in [-0.2, -0.15) is 0 Å². The Morgan fingerprint density at radius 1 is 1.22 bits per heavy atom. The topological polar surface area (TPSA) is 63.2 Å². The van der Waals surface area contributed by atoms with Gasteiger partial charge in [0.2, 0.25) is 0 Å². The zero-order valence-corrected chi connectivity index (χ0v) is 14.1. The van der Waals surface area contributed by atoms with E-state index in [1.165, 1.54) is 11.3 Å². The summed E-state index contributed by atoms with van der Waals surface area (Å²) in [7, 11) is 1.61. The zero-order chi connectivity index (χ0) is 16.4. The van der Waals surface area contributed by atoms with E-state index in [0.29, 0.717) is 15.8 Å². The molecule has 3 aromatic rings. The Labute approximate surface area is 142 Å². The molecule has 23 heavy (non-hydrogen) atoms. The summed E-state index contributed by atoms with van der Waals surface area (Å²) in [6.45, 7) is 1.94. The number of hydrogen-bond acceptors (Lipinski definition) is 4. The van der Waals surface area contributed by atoms with Crippen molar-refractivity contribution >= 4 is 50.0 Å². The summed E-state index contributed by atoms with van der Waals surface area (Å²) in [4.78, 5) is 16.4. The standard InChI is InChI=1S/C16H14ClN3O2S/c1-9-3-5-12(11(17)7-9)18-15(21)20-16-19-13-6-4-10(22-2)8-14(13)23-16/h3-8H,1-2H3,(H2,18,19,20,21). The van der Waals surface area contributed by atoms with Gasteiger partial charge < -0.3 is 10.1 Å². The first-order valence-corrected chi connectivity index (χ1v) is 8.03. The van der Waals surface area contributed by atoms with Crippen molar-refractivity contribution in [2.24, 2.45) is 0 Å². The number of benzene rings is 2. The lowest BCUT2D eigenvalue weighted by Crippen LogP contribution is -2.19. The molecule has 0 saturated carbocycles. The van der Waals surface area contributed by atoms with Gasteiger partial charge in [0, 0.05) is 0 Å². The van der Waals surface area contributed by atoms with Gasteiger partial charge in [-0.25, -0.2) is 9.78 Å². The van der Waals surface area contributed by atoms with Crippen LogP contribution in [0.25, 0.3) is 10.2 Å². The minimum atomic E-state index is -0.387. The molecule has 0 bridgehead atoms. The summed E-state index contributed by atoms with van der Waals surface area (Å²) in [5, 5.41) is 6.43. The second-order valence-corrected chi connectivity index (χ2v) is 6.35. The molecule has 5 nitrogen and oxygen atoms in total. The lowest BCUT2D eigenvalue weighted by Gasteiger charge is -2.07. The number of ether oxygens (including phenoxy) is 1. The molecule has 0 aliphatic rings. The Morgan fingerprint density at radius 2 is 2.04 bits per heavy atom. The number of carbonyl (C=O) groups excluding carboxylic acids is 1. The molecule has 0 aliphatic carbocycles. The highest BCUT2D eigenvalue weighted by Crippen LogP contribution is 2.29. The van der Waals surface area contributed by atoms with Crippen molar-refractivity contribution < 1.29 is 9.53 Å². The number of aryl methyl sites for hydroxylation is 1. The van der Waals surface area contributed by atoms with Gasteiger partial charge in [-0.3, -0.25) is 5.32 Å². The summed E-state index contributed by atoms with van der Waals surface area (Å²) < 4.78 is 6.12. The molecule has 1 heterocycles. The smallest absolute Gasteiger partial charge is 0.325 e. The van der Waals surface area contributed by atoms with Crippen LogP contribution in [0.15, 0.2) is 36.4 Å². The maximum atomic E-state index is 12.1. The maximum Gasteiger partial charge on any atom is 0.325 e. The van der Waals surface area contributed by atoms with Crippen LogP contribution >= 0.6 is 22.9 Å². The Kier molecular flexibility index (Phi) is 4.36. The van der Waals surface area contributed by atoms with Crippen molar-refractivity contribution in [2.45, 2.75) is 6.92 Å². The van der Waals surface area contributed by atoms with Crippen LogP contribution in [0.4, 0.5) is 15.6 Å². The number of nitrogens with one attached hydrogen (secondary N) is 2. The van der Waals surface area contributed by atoms with E-state index in [1.807, 2.05) is 31.2 Å². The molecule has 7 heteroatoms. The Balaban J connectivity index is 1.74. The van der Waals surface area contributed by atoms with Crippen molar-refractivity contribution in [3.8, 4) is 5.75 Å². The van der Waals surface area contributed by atoms with Crippen molar-refractivity contribution in [1.82, 2.24) is 4.98 Å². The van der Waals surface area contributed by atoms with Gasteiger partial charge in [-0.1, -0.05) is 29.0 Å².